The van der Waals surface area contributed by atoms with Gasteiger partial charge in [-0.3, -0.25) is 19.2 Å². The van der Waals surface area contributed by atoms with Crippen LogP contribution < -0.4 is 10.1 Å². The molecule has 13 heteroatoms. The first-order chi connectivity index (χ1) is 31.7. The van der Waals surface area contributed by atoms with Crippen molar-refractivity contribution < 1.29 is 52.3 Å². The lowest BCUT2D eigenvalue weighted by Gasteiger charge is -2.25. The Hall–Kier alpha value is -4.49. The van der Waals surface area contributed by atoms with E-state index in [2.05, 4.69) is 5.32 Å². The van der Waals surface area contributed by atoms with E-state index in [-0.39, 0.29) is 61.9 Å². The smallest absolute Gasteiger partial charge is 0.311 e. The minimum Gasteiger partial charge on any atom is -0.497 e. The predicted octanol–water partition coefficient (Wildman–Crippen LogP) is 12.5. The molecule has 0 aromatic heterocycles. The van der Waals surface area contributed by atoms with Crippen LogP contribution in [0.4, 0.5) is 5.69 Å². The first kappa shape index (κ1) is 60.5. The van der Waals surface area contributed by atoms with Gasteiger partial charge in [-0.2, -0.15) is 0 Å². The Bertz CT molecular complexity index is 1860. The van der Waals surface area contributed by atoms with Gasteiger partial charge >= 0.3 is 17.9 Å². The number of rotatable bonds is 26. The standard InChI is InChI=1S/C19H29NO4.C18H28O4.C17H25ClO3/c1-6-19(5,7-2)18(22)24-12-14(3)23-13-16-8-10-17(11-9-16)20-15(4)21;1-6-18(4,7-2)17(19)22-12-14(3)21-13-15-8-10-16(20-5)11-9-15;1-5-17(4,6-2)16(19)21-11-13(3)20-12-14-7-9-15(18)10-8-14/h8-11,14H,6-7,12-13H2,1-5H3,(H,20,21);8-11,14H,6-7,12-13H2,1-5H3;7-10,13H,5-6,11-12H2,1-4H3. The summed E-state index contributed by atoms with van der Waals surface area (Å²) < 4.78 is 38.4. The van der Waals surface area contributed by atoms with Gasteiger partial charge in [0.05, 0.1) is 61.5 Å². The number of ether oxygens (including phenoxy) is 7. The van der Waals surface area contributed by atoms with Crippen molar-refractivity contribution in [2.24, 2.45) is 16.2 Å². The monoisotopic (exact) mass is 956 g/mol. The van der Waals surface area contributed by atoms with E-state index < -0.39 is 16.2 Å². The maximum Gasteiger partial charge on any atom is 0.311 e. The van der Waals surface area contributed by atoms with Crippen LogP contribution in [0.1, 0.15) is 145 Å². The first-order valence-corrected chi connectivity index (χ1v) is 24.1. The van der Waals surface area contributed by atoms with Gasteiger partial charge in [-0.1, -0.05) is 89.5 Å². The topological polar surface area (TPSA) is 145 Å². The van der Waals surface area contributed by atoms with E-state index in [9.17, 15) is 19.2 Å². The normalized spacial score (nSPS) is 12.8. The number of esters is 3. The lowest BCUT2D eigenvalue weighted by atomic mass is 9.85. The Kier molecular flexibility index (Phi) is 28.5. The molecule has 0 aliphatic rings. The number of amides is 1. The van der Waals surface area contributed by atoms with E-state index in [1.807, 2.05) is 156 Å². The van der Waals surface area contributed by atoms with E-state index in [1.165, 1.54) is 6.92 Å². The van der Waals surface area contributed by atoms with E-state index in [0.29, 0.717) is 24.8 Å². The zero-order valence-electron chi connectivity index (χ0n) is 43.0. The Labute approximate surface area is 407 Å². The summed E-state index contributed by atoms with van der Waals surface area (Å²) in [6.07, 6.45) is 4.20. The van der Waals surface area contributed by atoms with Crippen LogP contribution in [0.2, 0.25) is 5.02 Å². The molecule has 3 rings (SSSR count). The van der Waals surface area contributed by atoms with E-state index >= 15 is 0 Å². The number of hydrogen-bond acceptors (Lipinski definition) is 11. The summed E-state index contributed by atoms with van der Waals surface area (Å²) in [6, 6.07) is 22.7. The number of anilines is 1. The maximum absolute atomic E-state index is 12.1. The van der Waals surface area contributed by atoms with Crippen LogP contribution in [0.3, 0.4) is 0 Å². The number of hydrogen-bond donors (Lipinski definition) is 1. The molecule has 0 saturated heterocycles. The number of nitrogens with one attached hydrogen (secondary N) is 1. The minimum absolute atomic E-state index is 0.0967. The molecule has 12 nitrogen and oxygen atoms in total. The molecule has 1 N–H and O–H groups in total. The Morgan fingerprint density at radius 1 is 0.507 bits per heavy atom. The summed E-state index contributed by atoms with van der Waals surface area (Å²) in [4.78, 5) is 47.2. The van der Waals surface area contributed by atoms with Crippen molar-refractivity contribution in [1.29, 1.82) is 0 Å². The van der Waals surface area contributed by atoms with Gasteiger partial charge < -0.3 is 38.5 Å². The van der Waals surface area contributed by atoms with Gasteiger partial charge in [0.25, 0.3) is 0 Å². The van der Waals surface area contributed by atoms with E-state index in [4.69, 9.17) is 44.8 Å². The Morgan fingerprint density at radius 2 is 0.791 bits per heavy atom. The van der Waals surface area contributed by atoms with Crippen LogP contribution in [-0.2, 0) is 67.4 Å². The number of halogens is 1. The van der Waals surface area contributed by atoms with Crippen molar-refractivity contribution >= 4 is 41.1 Å². The van der Waals surface area contributed by atoms with Crippen LogP contribution in [0.25, 0.3) is 0 Å². The molecule has 0 aliphatic heterocycles. The average molecular weight is 957 g/mol. The van der Waals surface area contributed by atoms with Crippen LogP contribution in [0, 0.1) is 16.2 Å². The lowest BCUT2D eigenvalue weighted by molar-refractivity contribution is -0.160. The molecule has 3 atom stereocenters. The van der Waals surface area contributed by atoms with Gasteiger partial charge in [0.15, 0.2) is 0 Å². The van der Waals surface area contributed by atoms with E-state index in [1.54, 1.807) is 7.11 Å². The number of carbonyl (C=O) groups is 4. The number of benzene rings is 3. The fraction of sp³-hybridized carbons (Fsp3) is 0.593. The van der Waals surface area contributed by atoms with Crippen LogP contribution in [-0.4, -0.2) is 69.1 Å². The first-order valence-electron chi connectivity index (χ1n) is 23.8. The number of carbonyl (C=O) groups excluding carboxylic acids is 4. The Morgan fingerprint density at radius 3 is 1.06 bits per heavy atom. The molecule has 0 radical (unpaired) electrons. The van der Waals surface area contributed by atoms with Gasteiger partial charge in [-0.05, 0) is 133 Å². The van der Waals surface area contributed by atoms with Crippen LogP contribution in [0.15, 0.2) is 72.8 Å². The third kappa shape index (κ3) is 22.9. The highest BCUT2D eigenvalue weighted by Gasteiger charge is 2.33. The van der Waals surface area contributed by atoms with Crippen molar-refractivity contribution in [3.05, 3.63) is 94.5 Å². The molecular weight excluding hydrogens is 874 g/mol. The fourth-order valence-corrected chi connectivity index (χ4v) is 5.89. The second kappa shape index (κ2) is 31.5. The highest BCUT2D eigenvalue weighted by Crippen LogP contribution is 2.29. The van der Waals surface area contributed by atoms with Crippen molar-refractivity contribution in [3.63, 3.8) is 0 Å². The van der Waals surface area contributed by atoms with Crippen molar-refractivity contribution in [2.75, 3.05) is 32.2 Å². The highest BCUT2D eigenvalue weighted by atomic mass is 35.5. The zero-order chi connectivity index (χ0) is 50.6. The van der Waals surface area contributed by atoms with Crippen LogP contribution >= 0.6 is 11.6 Å². The van der Waals surface area contributed by atoms with Gasteiger partial charge in [-0.25, -0.2) is 0 Å². The quantitative estimate of drug-likeness (QED) is 0.0606. The summed E-state index contributed by atoms with van der Waals surface area (Å²) in [5.74, 6) is 0.277. The molecule has 376 valence electrons. The van der Waals surface area contributed by atoms with Crippen molar-refractivity contribution in [2.45, 2.75) is 167 Å². The Balaban J connectivity index is 0.000000504. The molecule has 3 aromatic carbocycles. The molecule has 0 aliphatic carbocycles. The average Bonchev–Trinajstić information content (AvgIpc) is 3.34. The summed E-state index contributed by atoms with van der Waals surface area (Å²) >= 11 is 5.83. The predicted molar refractivity (Wildman–Crippen MR) is 267 cm³/mol. The zero-order valence-corrected chi connectivity index (χ0v) is 43.8. The molecule has 0 saturated carbocycles. The summed E-state index contributed by atoms with van der Waals surface area (Å²) in [5, 5.41) is 3.43. The summed E-state index contributed by atoms with van der Waals surface area (Å²) in [7, 11) is 1.64. The molecule has 0 bridgehead atoms. The molecular formula is C54H82ClNO11. The summed E-state index contributed by atoms with van der Waals surface area (Å²) in [5.41, 5.74) is 2.65. The van der Waals surface area contributed by atoms with Gasteiger partial charge in [-0.15, -0.1) is 0 Å². The fourth-order valence-electron chi connectivity index (χ4n) is 5.77. The third-order valence-electron chi connectivity index (χ3n) is 12.5. The second-order valence-electron chi connectivity index (χ2n) is 17.8. The minimum atomic E-state index is -0.417. The van der Waals surface area contributed by atoms with Crippen molar-refractivity contribution in [3.8, 4) is 5.75 Å². The van der Waals surface area contributed by atoms with Crippen LogP contribution in [0.5, 0.6) is 5.75 Å². The molecule has 3 unspecified atom stereocenters. The highest BCUT2D eigenvalue weighted by molar-refractivity contribution is 6.30. The van der Waals surface area contributed by atoms with Gasteiger partial charge in [0.2, 0.25) is 5.91 Å². The lowest BCUT2D eigenvalue weighted by Crippen LogP contribution is -2.31. The molecule has 1 amide bonds. The van der Waals surface area contributed by atoms with Crippen molar-refractivity contribution in [1.82, 2.24) is 0 Å². The van der Waals surface area contributed by atoms with Gasteiger partial charge in [0, 0.05) is 17.6 Å². The molecule has 0 fully saturated rings. The molecule has 0 spiro atoms. The second-order valence-corrected chi connectivity index (χ2v) is 18.3. The SMILES string of the molecule is CCC(C)(CC)C(=O)OCC(C)OCc1ccc(Cl)cc1.CCC(C)(CC)C(=O)OCC(C)OCc1ccc(NC(C)=O)cc1.CCC(C)(CC)C(=O)OCC(C)OCc1ccc(OC)cc1. The molecule has 3 aromatic rings. The van der Waals surface area contributed by atoms with E-state index in [0.717, 1.165) is 66.7 Å². The summed E-state index contributed by atoms with van der Waals surface area (Å²) in [6.45, 7) is 27.2. The number of methoxy groups -OCH3 is 1. The maximum atomic E-state index is 12.1. The third-order valence-corrected chi connectivity index (χ3v) is 12.7. The largest absolute Gasteiger partial charge is 0.497 e. The molecule has 0 heterocycles. The molecule has 67 heavy (non-hydrogen) atoms. The van der Waals surface area contributed by atoms with Gasteiger partial charge in [0.1, 0.15) is 25.6 Å².